The minimum atomic E-state index is 0.231. The summed E-state index contributed by atoms with van der Waals surface area (Å²) in [5, 5.41) is 3.79. The maximum Gasteiger partial charge on any atom is 0.241 e. The van der Waals surface area contributed by atoms with Gasteiger partial charge in [0.2, 0.25) is 11.9 Å². The normalized spacial score (nSPS) is 9.89. The third-order valence-corrected chi connectivity index (χ3v) is 1.02. The third kappa shape index (κ3) is 0.933. The van der Waals surface area contributed by atoms with Crippen LogP contribution in [-0.2, 0) is 6.54 Å². The number of aryl methyl sites for hydroxylation is 1. The number of hydrogen-bond acceptors (Lipinski definition) is 4. The van der Waals surface area contributed by atoms with Crippen LogP contribution >= 0.6 is 0 Å². The van der Waals surface area contributed by atoms with Gasteiger partial charge in [-0.1, -0.05) is 0 Å². The van der Waals surface area contributed by atoms with E-state index in [1.807, 2.05) is 6.92 Å². The summed E-state index contributed by atoms with van der Waals surface area (Å²) in [7, 11) is 0. The molecule has 0 aliphatic heterocycles. The van der Waals surface area contributed by atoms with Crippen LogP contribution in [0.5, 0.6) is 0 Å². The van der Waals surface area contributed by atoms with Crippen molar-refractivity contribution in [2.45, 2.75) is 13.5 Å². The molecule has 0 amide bonds. The molecule has 0 atom stereocenters. The van der Waals surface area contributed by atoms with Gasteiger partial charge in [0.25, 0.3) is 0 Å². The zero-order chi connectivity index (χ0) is 6.85. The minimum Gasteiger partial charge on any atom is -0.368 e. The average molecular weight is 127 g/mol. The lowest BCUT2D eigenvalue weighted by molar-refractivity contribution is 0.671. The van der Waals surface area contributed by atoms with E-state index < -0.39 is 0 Å². The number of hydrogen-bond donors (Lipinski definition) is 2. The van der Waals surface area contributed by atoms with Gasteiger partial charge in [-0.2, -0.15) is 4.98 Å². The highest BCUT2D eigenvalue weighted by Crippen LogP contribution is 1.98. The van der Waals surface area contributed by atoms with Gasteiger partial charge in [0.1, 0.15) is 0 Å². The van der Waals surface area contributed by atoms with E-state index in [0.717, 1.165) is 0 Å². The summed E-state index contributed by atoms with van der Waals surface area (Å²) in [5.41, 5.74) is 10.6. The van der Waals surface area contributed by atoms with E-state index in [1.54, 1.807) is 0 Å². The number of nitrogens with two attached hydrogens (primary N) is 2. The summed E-state index contributed by atoms with van der Waals surface area (Å²) in [4.78, 5) is 3.69. The fraction of sp³-hybridized carbons (Fsp3) is 0.500. The Morgan fingerprint density at radius 1 is 1.56 bits per heavy atom. The first-order valence-electron chi connectivity index (χ1n) is 2.70. The second-order valence-corrected chi connectivity index (χ2v) is 1.64. The molecular weight excluding hydrogens is 118 g/mol. The Labute approximate surface area is 52.7 Å². The molecule has 0 bridgehead atoms. The third-order valence-electron chi connectivity index (χ3n) is 1.02. The molecule has 5 nitrogen and oxygen atoms in total. The predicted octanol–water partition coefficient (Wildman–Crippen LogP) is -0.538. The van der Waals surface area contributed by atoms with Gasteiger partial charge >= 0.3 is 0 Å². The van der Waals surface area contributed by atoms with Gasteiger partial charge in [-0.05, 0) is 6.92 Å². The topological polar surface area (TPSA) is 82.8 Å². The van der Waals surface area contributed by atoms with Crippen LogP contribution in [0.3, 0.4) is 0 Å². The van der Waals surface area contributed by atoms with Crippen molar-refractivity contribution in [2.75, 3.05) is 11.5 Å². The van der Waals surface area contributed by atoms with Crippen molar-refractivity contribution in [3.63, 3.8) is 0 Å². The Kier molecular flexibility index (Phi) is 1.26. The molecule has 5 heteroatoms. The van der Waals surface area contributed by atoms with Crippen molar-refractivity contribution in [3.8, 4) is 0 Å². The summed E-state index contributed by atoms with van der Waals surface area (Å²) >= 11 is 0. The van der Waals surface area contributed by atoms with Crippen molar-refractivity contribution in [2.24, 2.45) is 0 Å². The Balaban J connectivity index is 3.01. The van der Waals surface area contributed by atoms with Crippen molar-refractivity contribution < 1.29 is 0 Å². The molecular formula is C4H9N5. The SMILES string of the molecule is CCn1nc(N)nc1N. The van der Waals surface area contributed by atoms with Crippen LogP contribution in [0.4, 0.5) is 11.9 Å². The molecule has 0 aromatic carbocycles. The molecule has 0 saturated carbocycles. The van der Waals surface area contributed by atoms with Crippen LogP contribution in [0, 0.1) is 0 Å². The molecule has 0 spiro atoms. The molecule has 1 rings (SSSR count). The molecule has 0 fully saturated rings. The van der Waals surface area contributed by atoms with Gasteiger partial charge in [-0.3, -0.25) is 0 Å². The first-order chi connectivity index (χ1) is 4.24. The van der Waals surface area contributed by atoms with Gasteiger partial charge < -0.3 is 11.5 Å². The second-order valence-electron chi connectivity index (χ2n) is 1.64. The molecule has 1 heterocycles. The quantitative estimate of drug-likeness (QED) is 0.530. The molecule has 0 unspecified atom stereocenters. The van der Waals surface area contributed by atoms with Crippen molar-refractivity contribution in [3.05, 3.63) is 0 Å². The lowest BCUT2D eigenvalue weighted by atomic mass is 10.8. The average Bonchev–Trinajstić information content (AvgIpc) is 2.10. The molecule has 0 aliphatic rings. The maximum atomic E-state index is 5.36. The van der Waals surface area contributed by atoms with Gasteiger partial charge in [-0.15, -0.1) is 5.10 Å². The van der Waals surface area contributed by atoms with Crippen molar-refractivity contribution in [1.82, 2.24) is 14.8 Å². The van der Waals surface area contributed by atoms with E-state index in [9.17, 15) is 0 Å². The standard InChI is InChI=1S/C4H9N5/c1-2-9-4(6)7-3(5)8-9/h2H2,1H3,(H4,5,6,7,8). The Hall–Kier alpha value is -1.26. The lowest BCUT2D eigenvalue weighted by Gasteiger charge is -1.92. The summed E-state index contributed by atoms with van der Waals surface area (Å²) in [5.74, 6) is 0.601. The smallest absolute Gasteiger partial charge is 0.241 e. The summed E-state index contributed by atoms with van der Waals surface area (Å²) in [6, 6.07) is 0. The number of aromatic nitrogens is 3. The largest absolute Gasteiger partial charge is 0.368 e. The molecule has 1 aromatic rings. The van der Waals surface area contributed by atoms with Crippen LogP contribution in [0.15, 0.2) is 0 Å². The molecule has 4 N–H and O–H groups in total. The first kappa shape index (κ1) is 5.87. The van der Waals surface area contributed by atoms with E-state index in [-0.39, 0.29) is 5.95 Å². The fourth-order valence-electron chi connectivity index (χ4n) is 0.605. The number of nitrogens with zero attached hydrogens (tertiary/aromatic N) is 3. The van der Waals surface area contributed by atoms with E-state index in [1.165, 1.54) is 4.68 Å². The minimum absolute atomic E-state index is 0.231. The van der Waals surface area contributed by atoms with Crippen molar-refractivity contribution in [1.29, 1.82) is 0 Å². The number of nitrogen functional groups attached to an aromatic ring is 2. The maximum absolute atomic E-state index is 5.36. The van der Waals surface area contributed by atoms with Crippen LogP contribution < -0.4 is 11.5 Å². The van der Waals surface area contributed by atoms with Crippen LogP contribution in [0.25, 0.3) is 0 Å². The van der Waals surface area contributed by atoms with Gasteiger partial charge in [0.05, 0.1) is 0 Å². The molecule has 0 aliphatic carbocycles. The molecule has 0 radical (unpaired) electrons. The highest BCUT2D eigenvalue weighted by Gasteiger charge is 1.98. The summed E-state index contributed by atoms with van der Waals surface area (Å²) < 4.78 is 1.54. The second kappa shape index (κ2) is 1.93. The Morgan fingerprint density at radius 3 is 2.44 bits per heavy atom. The zero-order valence-electron chi connectivity index (χ0n) is 5.20. The lowest BCUT2D eigenvalue weighted by Crippen LogP contribution is -2.02. The van der Waals surface area contributed by atoms with Gasteiger partial charge in [-0.25, -0.2) is 4.68 Å². The van der Waals surface area contributed by atoms with Crippen LogP contribution in [0.1, 0.15) is 6.92 Å². The molecule has 9 heavy (non-hydrogen) atoms. The number of rotatable bonds is 1. The predicted molar refractivity (Wildman–Crippen MR) is 34.5 cm³/mol. The highest BCUT2D eigenvalue weighted by molar-refractivity contribution is 5.25. The van der Waals surface area contributed by atoms with Gasteiger partial charge in [0, 0.05) is 6.54 Å². The Morgan fingerprint density at radius 2 is 2.22 bits per heavy atom. The van der Waals surface area contributed by atoms with Crippen LogP contribution in [0.2, 0.25) is 0 Å². The molecule has 1 aromatic heterocycles. The summed E-state index contributed by atoms with van der Waals surface area (Å²) in [6.07, 6.45) is 0. The monoisotopic (exact) mass is 127 g/mol. The van der Waals surface area contributed by atoms with Gasteiger partial charge in [0.15, 0.2) is 0 Å². The van der Waals surface area contributed by atoms with Crippen LogP contribution in [-0.4, -0.2) is 14.8 Å². The van der Waals surface area contributed by atoms with E-state index >= 15 is 0 Å². The first-order valence-corrected chi connectivity index (χ1v) is 2.70. The van der Waals surface area contributed by atoms with Crippen molar-refractivity contribution >= 4 is 11.9 Å². The summed E-state index contributed by atoms with van der Waals surface area (Å²) in [6.45, 7) is 2.63. The van der Waals surface area contributed by atoms with E-state index in [4.69, 9.17) is 11.5 Å². The number of anilines is 2. The molecule has 50 valence electrons. The highest BCUT2D eigenvalue weighted by atomic mass is 15.4. The van der Waals surface area contributed by atoms with E-state index in [0.29, 0.717) is 12.5 Å². The zero-order valence-corrected chi connectivity index (χ0v) is 5.20. The Bertz CT molecular complexity index is 203. The molecule has 0 saturated heterocycles. The van der Waals surface area contributed by atoms with E-state index in [2.05, 4.69) is 10.1 Å². The fourth-order valence-corrected chi connectivity index (χ4v) is 0.605.